The van der Waals surface area contributed by atoms with E-state index < -0.39 is 8.07 Å². The van der Waals surface area contributed by atoms with Crippen LogP contribution in [0.1, 0.15) is 5.56 Å². The van der Waals surface area contributed by atoms with E-state index in [1.54, 1.807) is 12.5 Å². The minimum Gasteiger partial charge on any atom is -0.478 e. The lowest BCUT2D eigenvalue weighted by Gasteiger charge is -2.16. The number of nitrogens with zero attached hydrogens (tertiary/aromatic N) is 4. The third-order valence-corrected chi connectivity index (χ3v) is 4.56. The molecule has 0 amide bonds. The van der Waals surface area contributed by atoms with Crippen molar-refractivity contribution in [1.82, 2.24) is 19.5 Å². The quantitative estimate of drug-likeness (QED) is 0.788. The van der Waals surface area contributed by atoms with Crippen molar-refractivity contribution >= 4 is 8.07 Å². The van der Waals surface area contributed by atoms with Crippen molar-refractivity contribution < 1.29 is 4.74 Å². The van der Waals surface area contributed by atoms with Gasteiger partial charge >= 0.3 is 0 Å². The maximum Gasteiger partial charge on any atom is 0.221 e. The van der Waals surface area contributed by atoms with Crippen LogP contribution in [0.4, 0.5) is 0 Å². The van der Waals surface area contributed by atoms with Gasteiger partial charge in [0, 0.05) is 20.5 Å². The van der Waals surface area contributed by atoms with Gasteiger partial charge in [-0.05, 0) is 13.0 Å². The summed E-state index contributed by atoms with van der Waals surface area (Å²) in [5, 5.41) is 0. The summed E-state index contributed by atoms with van der Waals surface area (Å²) in [6, 6.07) is 1.12. The molecular formula is C13H20N4OSi. The van der Waals surface area contributed by atoms with Crippen LogP contribution in [-0.2, 0) is 0 Å². The first-order valence-corrected chi connectivity index (χ1v) is 10.1. The van der Waals surface area contributed by atoms with E-state index in [1.807, 2.05) is 17.7 Å². The smallest absolute Gasteiger partial charge is 0.221 e. The lowest BCUT2D eigenvalue weighted by Crippen LogP contribution is -2.22. The molecule has 102 valence electrons. The van der Waals surface area contributed by atoms with Gasteiger partial charge < -0.3 is 4.74 Å². The lowest BCUT2D eigenvalue weighted by molar-refractivity contribution is 0.321. The van der Waals surface area contributed by atoms with Gasteiger partial charge in [-0.15, -0.1) is 0 Å². The largest absolute Gasteiger partial charge is 0.478 e. The van der Waals surface area contributed by atoms with Crippen molar-refractivity contribution in [3.8, 4) is 11.7 Å². The molecule has 5 nitrogen and oxygen atoms in total. The predicted molar refractivity (Wildman–Crippen MR) is 77.5 cm³/mol. The van der Waals surface area contributed by atoms with E-state index in [1.165, 1.54) is 6.33 Å². The summed E-state index contributed by atoms with van der Waals surface area (Å²) in [6.45, 7) is 9.69. The average Bonchev–Trinajstić information content (AvgIpc) is 2.83. The highest BCUT2D eigenvalue weighted by Gasteiger charge is 2.14. The van der Waals surface area contributed by atoms with E-state index in [9.17, 15) is 0 Å². The van der Waals surface area contributed by atoms with Crippen LogP contribution < -0.4 is 4.74 Å². The fraction of sp³-hybridized carbons (Fsp3) is 0.462. The Morgan fingerprint density at radius 2 is 2.05 bits per heavy atom. The Kier molecular flexibility index (Phi) is 3.99. The zero-order chi connectivity index (χ0) is 13.9. The number of aromatic nitrogens is 4. The Balaban J connectivity index is 2.12. The second-order valence-electron chi connectivity index (χ2n) is 5.76. The first kappa shape index (κ1) is 13.7. The first-order chi connectivity index (χ1) is 8.97. The highest BCUT2D eigenvalue weighted by atomic mass is 28.3. The topological polar surface area (TPSA) is 52.8 Å². The molecule has 0 aliphatic rings. The molecule has 0 bridgehead atoms. The van der Waals surface area contributed by atoms with Crippen molar-refractivity contribution in [3.63, 3.8) is 0 Å². The minimum atomic E-state index is -1.08. The molecule has 0 aliphatic heterocycles. The standard InChI is InChI=1S/C13H20N4OSi/c1-11-12(17-6-5-14-10-17)15-9-16-13(11)18-7-8-19(2,3)4/h5-6,9-10H,7-8H2,1-4H3. The molecule has 0 radical (unpaired) electrons. The summed E-state index contributed by atoms with van der Waals surface area (Å²) in [7, 11) is -1.08. The van der Waals surface area contributed by atoms with Gasteiger partial charge in [0.25, 0.3) is 0 Å². The Morgan fingerprint density at radius 3 is 2.68 bits per heavy atom. The van der Waals surface area contributed by atoms with Crippen LogP contribution in [0.25, 0.3) is 5.82 Å². The summed E-state index contributed by atoms with van der Waals surface area (Å²) in [5.41, 5.74) is 0.941. The van der Waals surface area contributed by atoms with Gasteiger partial charge in [0.2, 0.25) is 5.88 Å². The molecule has 2 rings (SSSR count). The van der Waals surface area contributed by atoms with E-state index in [0.717, 1.165) is 24.0 Å². The molecule has 0 atom stereocenters. The predicted octanol–water partition coefficient (Wildman–Crippen LogP) is 2.69. The molecule has 0 fully saturated rings. The minimum absolute atomic E-state index is 0.664. The summed E-state index contributed by atoms with van der Waals surface area (Å²) in [4.78, 5) is 12.5. The van der Waals surface area contributed by atoms with Gasteiger partial charge in [0.15, 0.2) is 0 Å². The maximum atomic E-state index is 5.80. The first-order valence-electron chi connectivity index (χ1n) is 6.40. The zero-order valence-corrected chi connectivity index (χ0v) is 12.9. The highest BCUT2D eigenvalue weighted by molar-refractivity contribution is 6.76. The second kappa shape index (κ2) is 5.52. The molecule has 0 aromatic carbocycles. The number of ether oxygens (including phenoxy) is 1. The van der Waals surface area contributed by atoms with Crippen LogP contribution >= 0.6 is 0 Å². The Hall–Kier alpha value is -1.69. The molecule has 2 aromatic rings. The molecule has 2 aromatic heterocycles. The molecule has 0 aliphatic carbocycles. The van der Waals surface area contributed by atoms with Crippen molar-refractivity contribution in [3.05, 3.63) is 30.6 Å². The second-order valence-corrected chi connectivity index (χ2v) is 11.4. The van der Waals surface area contributed by atoms with Crippen LogP contribution in [0.2, 0.25) is 25.7 Å². The van der Waals surface area contributed by atoms with Gasteiger partial charge in [0.05, 0.1) is 12.2 Å². The van der Waals surface area contributed by atoms with Crippen molar-refractivity contribution in [1.29, 1.82) is 0 Å². The number of imidazole rings is 1. The maximum absolute atomic E-state index is 5.80. The van der Waals surface area contributed by atoms with E-state index in [0.29, 0.717) is 5.88 Å². The Morgan fingerprint density at radius 1 is 1.26 bits per heavy atom. The average molecular weight is 276 g/mol. The van der Waals surface area contributed by atoms with E-state index >= 15 is 0 Å². The van der Waals surface area contributed by atoms with Crippen LogP contribution in [0.5, 0.6) is 5.88 Å². The number of hydrogen-bond acceptors (Lipinski definition) is 4. The molecule has 0 spiro atoms. The monoisotopic (exact) mass is 276 g/mol. The van der Waals surface area contributed by atoms with Gasteiger partial charge in [0.1, 0.15) is 18.5 Å². The van der Waals surface area contributed by atoms with Crippen molar-refractivity contribution in [2.24, 2.45) is 0 Å². The third kappa shape index (κ3) is 3.63. The molecule has 0 N–H and O–H groups in total. The van der Waals surface area contributed by atoms with Gasteiger partial charge in [-0.25, -0.2) is 15.0 Å². The summed E-state index contributed by atoms with van der Waals surface area (Å²) in [5.74, 6) is 1.48. The number of hydrogen-bond donors (Lipinski definition) is 0. The Labute approximate surface area is 114 Å². The summed E-state index contributed by atoms with van der Waals surface area (Å²) >= 11 is 0. The van der Waals surface area contributed by atoms with E-state index in [4.69, 9.17) is 4.74 Å². The van der Waals surface area contributed by atoms with Crippen LogP contribution in [0.3, 0.4) is 0 Å². The molecule has 19 heavy (non-hydrogen) atoms. The molecular weight excluding hydrogens is 256 g/mol. The fourth-order valence-electron chi connectivity index (χ4n) is 1.67. The normalized spacial score (nSPS) is 11.6. The SMILES string of the molecule is Cc1c(OCC[Si](C)(C)C)ncnc1-n1ccnc1. The zero-order valence-electron chi connectivity index (χ0n) is 11.9. The lowest BCUT2D eigenvalue weighted by atomic mass is 10.3. The molecule has 0 saturated heterocycles. The molecule has 0 unspecified atom stereocenters. The molecule has 6 heteroatoms. The fourth-order valence-corrected chi connectivity index (χ4v) is 2.38. The van der Waals surface area contributed by atoms with Crippen molar-refractivity contribution in [2.45, 2.75) is 32.6 Å². The molecule has 0 saturated carbocycles. The summed E-state index contributed by atoms with van der Waals surface area (Å²) < 4.78 is 7.66. The van der Waals surface area contributed by atoms with Crippen molar-refractivity contribution in [2.75, 3.05) is 6.61 Å². The van der Waals surface area contributed by atoms with Gasteiger partial charge in [-0.3, -0.25) is 4.57 Å². The van der Waals surface area contributed by atoms with Crippen LogP contribution in [0, 0.1) is 6.92 Å². The van der Waals surface area contributed by atoms with E-state index in [-0.39, 0.29) is 0 Å². The third-order valence-electron chi connectivity index (χ3n) is 2.85. The van der Waals surface area contributed by atoms with Gasteiger partial charge in [-0.1, -0.05) is 19.6 Å². The molecule has 2 heterocycles. The Bertz CT molecular complexity index is 534. The van der Waals surface area contributed by atoms with Gasteiger partial charge in [-0.2, -0.15) is 0 Å². The van der Waals surface area contributed by atoms with Crippen LogP contribution in [-0.4, -0.2) is 34.2 Å². The highest BCUT2D eigenvalue weighted by Crippen LogP contribution is 2.20. The van der Waals surface area contributed by atoms with Crippen LogP contribution in [0.15, 0.2) is 25.0 Å². The van der Waals surface area contributed by atoms with E-state index in [2.05, 4.69) is 34.6 Å². The summed E-state index contributed by atoms with van der Waals surface area (Å²) in [6.07, 6.45) is 6.85. The number of rotatable bonds is 5.